The fourth-order valence-corrected chi connectivity index (χ4v) is 1.80. The molecular formula is C10H16N6. The first kappa shape index (κ1) is 10.8. The lowest BCUT2D eigenvalue weighted by atomic mass is 10.3. The van der Waals surface area contributed by atoms with Crippen molar-refractivity contribution in [3.8, 4) is 0 Å². The van der Waals surface area contributed by atoms with E-state index in [9.17, 15) is 0 Å². The fraction of sp³-hybridized carbons (Fsp3) is 0.500. The minimum absolute atomic E-state index is 0.226. The molecule has 1 saturated heterocycles. The van der Waals surface area contributed by atoms with Crippen molar-refractivity contribution in [3.05, 3.63) is 18.5 Å². The second-order valence-corrected chi connectivity index (χ2v) is 3.84. The van der Waals surface area contributed by atoms with Crippen molar-refractivity contribution in [1.29, 1.82) is 5.41 Å². The summed E-state index contributed by atoms with van der Waals surface area (Å²) in [7, 11) is 0. The minimum atomic E-state index is 0.226. The maximum atomic E-state index is 7.24. The molecule has 1 fully saturated rings. The molecule has 0 aliphatic carbocycles. The highest BCUT2D eigenvalue weighted by Gasteiger charge is 2.18. The summed E-state index contributed by atoms with van der Waals surface area (Å²) < 4.78 is 0. The van der Waals surface area contributed by atoms with Crippen LogP contribution in [0, 0.1) is 5.41 Å². The van der Waals surface area contributed by atoms with Gasteiger partial charge in [-0.3, -0.25) is 10.3 Å². The Balaban J connectivity index is 1.88. The van der Waals surface area contributed by atoms with Gasteiger partial charge in [-0.2, -0.15) is 0 Å². The smallest absolute Gasteiger partial charge is 0.225 e. The Morgan fingerprint density at radius 3 is 2.44 bits per heavy atom. The van der Waals surface area contributed by atoms with Gasteiger partial charge in [0.2, 0.25) is 5.95 Å². The fourth-order valence-electron chi connectivity index (χ4n) is 1.80. The molecular weight excluding hydrogens is 204 g/mol. The maximum absolute atomic E-state index is 7.24. The zero-order chi connectivity index (χ0) is 11.4. The van der Waals surface area contributed by atoms with Crippen LogP contribution in [0.3, 0.4) is 0 Å². The molecule has 1 aliphatic rings. The Morgan fingerprint density at radius 1 is 1.25 bits per heavy atom. The van der Waals surface area contributed by atoms with Gasteiger partial charge in [-0.25, -0.2) is 9.97 Å². The lowest BCUT2D eigenvalue weighted by Gasteiger charge is -2.34. The number of nitrogens with zero attached hydrogens (tertiary/aromatic N) is 4. The third kappa shape index (κ3) is 2.66. The number of nitrogens with two attached hydrogens (primary N) is 1. The molecule has 2 rings (SSSR count). The van der Waals surface area contributed by atoms with Crippen LogP contribution in [-0.4, -0.2) is 53.4 Å². The van der Waals surface area contributed by atoms with E-state index < -0.39 is 0 Å². The number of aromatic nitrogens is 2. The highest BCUT2D eigenvalue weighted by Crippen LogP contribution is 2.08. The summed E-state index contributed by atoms with van der Waals surface area (Å²) >= 11 is 0. The first-order valence-corrected chi connectivity index (χ1v) is 5.33. The Morgan fingerprint density at radius 2 is 1.88 bits per heavy atom. The summed E-state index contributed by atoms with van der Waals surface area (Å²) in [5, 5.41) is 7.24. The van der Waals surface area contributed by atoms with Crippen molar-refractivity contribution >= 4 is 11.8 Å². The van der Waals surface area contributed by atoms with Crippen LogP contribution in [0.15, 0.2) is 18.5 Å². The highest BCUT2D eigenvalue weighted by atomic mass is 15.3. The molecule has 86 valence electrons. The van der Waals surface area contributed by atoms with Crippen LogP contribution in [0.25, 0.3) is 0 Å². The SMILES string of the molecule is N=C(N)CN1CCN(c2ncccn2)CC1. The van der Waals surface area contributed by atoms with Gasteiger partial charge in [-0.1, -0.05) is 0 Å². The summed E-state index contributed by atoms with van der Waals surface area (Å²) in [6.07, 6.45) is 3.51. The lowest BCUT2D eigenvalue weighted by Crippen LogP contribution is -2.49. The zero-order valence-corrected chi connectivity index (χ0v) is 9.13. The molecule has 6 nitrogen and oxygen atoms in total. The molecule has 3 N–H and O–H groups in total. The molecule has 0 amide bonds. The highest BCUT2D eigenvalue weighted by molar-refractivity contribution is 5.78. The van der Waals surface area contributed by atoms with Crippen LogP contribution in [0.2, 0.25) is 0 Å². The quantitative estimate of drug-likeness (QED) is 0.532. The van der Waals surface area contributed by atoms with Crippen molar-refractivity contribution in [2.24, 2.45) is 5.73 Å². The molecule has 1 aromatic rings. The largest absolute Gasteiger partial charge is 0.387 e. The monoisotopic (exact) mass is 220 g/mol. The van der Waals surface area contributed by atoms with E-state index in [0.717, 1.165) is 32.1 Å². The maximum Gasteiger partial charge on any atom is 0.225 e. The minimum Gasteiger partial charge on any atom is -0.387 e. The first-order valence-electron chi connectivity index (χ1n) is 5.33. The Kier molecular flexibility index (Phi) is 3.31. The topological polar surface area (TPSA) is 82.1 Å². The van der Waals surface area contributed by atoms with Gasteiger partial charge in [-0.15, -0.1) is 0 Å². The second-order valence-electron chi connectivity index (χ2n) is 3.84. The van der Waals surface area contributed by atoms with Crippen molar-refractivity contribution < 1.29 is 0 Å². The number of hydrogen-bond acceptors (Lipinski definition) is 5. The number of piperazine rings is 1. The normalized spacial score (nSPS) is 17.4. The molecule has 0 unspecified atom stereocenters. The molecule has 16 heavy (non-hydrogen) atoms. The molecule has 1 aromatic heterocycles. The summed E-state index contributed by atoms with van der Waals surface area (Å²) in [5.41, 5.74) is 5.37. The summed E-state index contributed by atoms with van der Waals surface area (Å²) in [5.74, 6) is 1.01. The molecule has 0 bridgehead atoms. The van der Waals surface area contributed by atoms with Gasteiger partial charge >= 0.3 is 0 Å². The average molecular weight is 220 g/mol. The third-order valence-corrected chi connectivity index (χ3v) is 2.60. The zero-order valence-electron chi connectivity index (χ0n) is 9.13. The first-order chi connectivity index (χ1) is 7.75. The molecule has 0 saturated carbocycles. The van der Waals surface area contributed by atoms with Gasteiger partial charge in [0, 0.05) is 38.6 Å². The summed E-state index contributed by atoms with van der Waals surface area (Å²) in [6, 6.07) is 1.81. The van der Waals surface area contributed by atoms with Crippen LogP contribution in [0.5, 0.6) is 0 Å². The molecule has 2 heterocycles. The Labute approximate surface area is 94.6 Å². The lowest BCUT2D eigenvalue weighted by molar-refractivity contribution is 0.289. The van der Waals surface area contributed by atoms with E-state index >= 15 is 0 Å². The van der Waals surface area contributed by atoms with E-state index in [1.165, 1.54) is 0 Å². The van der Waals surface area contributed by atoms with E-state index in [2.05, 4.69) is 19.8 Å². The number of anilines is 1. The number of amidine groups is 1. The number of hydrogen-bond donors (Lipinski definition) is 2. The average Bonchev–Trinajstić information content (AvgIpc) is 2.30. The standard InChI is InChI=1S/C10H16N6/c11-9(12)8-15-4-6-16(7-5-15)10-13-2-1-3-14-10/h1-3H,4-8H2,(H3,11,12). The molecule has 6 heteroatoms. The van der Waals surface area contributed by atoms with Crippen LogP contribution in [-0.2, 0) is 0 Å². The molecule has 0 spiro atoms. The van der Waals surface area contributed by atoms with Gasteiger partial charge in [-0.05, 0) is 6.07 Å². The van der Waals surface area contributed by atoms with E-state index in [4.69, 9.17) is 11.1 Å². The third-order valence-electron chi connectivity index (χ3n) is 2.60. The molecule has 0 radical (unpaired) electrons. The summed E-state index contributed by atoms with van der Waals surface area (Å²) in [4.78, 5) is 12.8. The van der Waals surface area contributed by atoms with Crippen molar-refractivity contribution in [2.45, 2.75) is 0 Å². The van der Waals surface area contributed by atoms with Crippen LogP contribution in [0.1, 0.15) is 0 Å². The van der Waals surface area contributed by atoms with E-state index in [0.29, 0.717) is 6.54 Å². The molecule has 0 atom stereocenters. The second kappa shape index (κ2) is 4.89. The van der Waals surface area contributed by atoms with Crippen molar-refractivity contribution in [2.75, 3.05) is 37.6 Å². The van der Waals surface area contributed by atoms with E-state index in [1.54, 1.807) is 12.4 Å². The van der Waals surface area contributed by atoms with Gasteiger partial charge in [0.1, 0.15) is 5.84 Å². The van der Waals surface area contributed by atoms with Crippen LogP contribution < -0.4 is 10.6 Å². The summed E-state index contributed by atoms with van der Waals surface area (Å²) in [6.45, 7) is 4.13. The van der Waals surface area contributed by atoms with Crippen molar-refractivity contribution in [3.63, 3.8) is 0 Å². The van der Waals surface area contributed by atoms with Gasteiger partial charge in [0.05, 0.1) is 6.54 Å². The number of rotatable bonds is 3. The van der Waals surface area contributed by atoms with Crippen LogP contribution in [0.4, 0.5) is 5.95 Å². The van der Waals surface area contributed by atoms with Gasteiger partial charge in [0.15, 0.2) is 0 Å². The van der Waals surface area contributed by atoms with Crippen molar-refractivity contribution in [1.82, 2.24) is 14.9 Å². The van der Waals surface area contributed by atoms with Gasteiger partial charge in [0.25, 0.3) is 0 Å². The number of nitrogens with one attached hydrogen (secondary N) is 1. The Bertz CT molecular complexity index is 344. The predicted octanol–water partition coefficient (Wildman–Crippen LogP) is -0.465. The Hall–Kier alpha value is -1.69. The molecule has 1 aliphatic heterocycles. The van der Waals surface area contributed by atoms with Gasteiger partial charge < -0.3 is 10.6 Å². The van der Waals surface area contributed by atoms with E-state index in [1.807, 2.05) is 6.07 Å². The molecule has 0 aromatic carbocycles. The predicted molar refractivity (Wildman–Crippen MR) is 62.6 cm³/mol. The van der Waals surface area contributed by atoms with E-state index in [-0.39, 0.29) is 5.84 Å². The van der Waals surface area contributed by atoms with Crippen LogP contribution >= 0.6 is 0 Å².